The van der Waals surface area contributed by atoms with E-state index in [9.17, 15) is 4.79 Å². The van der Waals surface area contributed by atoms with Crippen molar-refractivity contribution in [2.75, 3.05) is 0 Å². The molecule has 5 nitrogen and oxygen atoms in total. The van der Waals surface area contributed by atoms with Crippen LogP contribution in [0.25, 0.3) is 22.2 Å². The molecule has 4 aromatic carbocycles. The highest BCUT2D eigenvalue weighted by atomic mass is 35.5. The normalized spacial score (nSPS) is 11.1. The number of amides is 1. The van der Waals surface area contributed by atoms with Crippen LogP contribution in [0.4, 0.5) is 0 Å². The summed E-state index contributed by atoms with van der Waals surface area (Å²) >= 11 is 12.3. The minimum absolute atomic E-state index is 0.300. The van der Waals surface area contributed by atoms with Gasteiger partial charge in [-0.25, -0.2) is 10.4 Å². The van der Waals surface area contributed by atoms with Crippen molar-refractivity contribution in [3.8, 4) is 17.0 Å². The van der Waals surface area contributed by atoms with E-state index in [0.717, 1.165) is 38.9 Å². The summed E-state index contributed by atoms with van der Waals surface area (Å²) in [6, 6.07) is 30.1. The number of carbonyl (C=O) groups is 1. The lowest BCUT2D eigenvalue weighted by Crippen LogP contribution is -2.18. The van der Waals surface area contributed by atoms with E-state index in [4.69, 9.17) is 32.9 Å². The second-order valence-corrected chi connectivity index (χ2v) is 9.87. The number of hydrogen-bond donors (Lipinski definition) is 1. The summed E-state index contributed by atoms with van der Waals surface area (Å²) in [4.78, 5) is 18.0. The minimum Gasteiger partial charge on any atom is -0.489 e. The maximum atomic E-state index is 13.2. The quantitative estimate of drug-likeness (QED) is 0.111. The molecule has 0 aliphatic heterocycles. The zero-order chi connectivity index (χ0) is 27.9. The number of hydrogen-bond acceptors (Lipinski definition) is 4. The second kappa shape index (κ2) is 12.6. The maximum absolute atomic E-state index is 13.2. The standard InChI is InChI=1S/C33H25Cl2N3O2/c1-2-8-24-17-22(13-16-32(24)40-21-25-14-15-26(34)18-29(25)35)20-36-38-33(39)28-19-31(23-9-4-3-5-10-23)37-30-12-7-6-11-27(28)30/h2-7,9-20H,1,8,21H2,(H,38,39)/b36-20+. The van der Waals surface area contributed by atoms with Gasteiger partial charge in [-0.05, 0) is 60.0 Å². The topological polar surface area (TPSA) is 63.6 Å². The Bertz CT molecular complexity index is 1720. The Balaban J connectivity index is 1.33. The fourth-order valence-corrected chi connectivity index (χ4v) is 4.74. The van der Waals surface area contributed by atoms with E-state index in [1.54, 1.807) is 30.5 Å². The Kier molecular flexibility index (Phi) is 8.55. The Morgan fingerprint density at radius 2 is 1.73 bits per heavy atom. The lowest BCUT2D eigenvalue weighted by Gasteiger charge is -2.12. The first-order valence-electron chi connectivity index (χ1n) is 12.6. The summed E-state index contributed by atoms with van der Waals surface area (Å²) in [6.45, 7) is 4.15. The van der Waals surface area contributed by atoms with Gasteiger partial charge in [0.25, 0.3) is 5.91 Å². The van der Waals surface area contributed by atoms with Crippen LogP contribution < -0.4 is 10.2 Å². The number of nitrogens with zero attached hydrogens (tertiary/aromatic N) is 2. The Morgan fingerprint density at radius 3 is 2.52 bits per heavy atom. The SMILES string of the molecule is C=CCc1cc(/C=N/NC(=O)c2cc(-c3ccccc3)nc3ccccc23)ccc1OCc1ccc(Cl)cc1Cl. The first-order chi connectivity index (χ1) is 19.5. The lowest BCUT2D eigenvalue weighted by atomic mass is 10.0. The van der Waals surface area contributed by atoms with Crippen molar-refractivity contribution < 1.29 is 9.53 Å². The van der Waals surface area contributed by atoms with E-state index in [-0.39, 0.29) is 5.91 Å². The smallest absolute Gasteiger partial charge is 0.272 e. The van der Waals surface area contributed by atoms with E-state index >= 15 is 0 Å². The number of para-hydroxylation sites is 1. The van der Waals surface area contributed by atoms with E-state index < -0.39 is 0 Å². The van der Waals surface area contributed by atoms with Crippen molar-refractivity contribution in [2.45, 2.75) is 13.0 Å². The number of carbonyl (C=O) groups excluding carboxylic acids is 1. The molecule has 0 spiro atoms. The molecule has 1 aromatic heterocycles. The molecule has 0 atom stereocenters. The van der Waals surface area contributed by atoms with Crippen LogP contribution in [-0.2, 0) is 13.0 Å². The number of rotatable bonds is 9. The van der Waals surface area contributed by atoms with Gasteiger partial charge in [0.05, 0.1) is 23.0 Å². The van der Waals surface area contributed by atoms with Gasteiger partial charge >= 0.3 is 0 Å². The molecular weight excluding hydrogens is 541 g/mol. The average Bonchev–Trinajstić information content (AvgIpc) is 2.97. The molecule has 1 N–H and O–H groups in total. The highest BCUT2D eigenvalue weighted by Gasteiger charge is 2.14. The van der Waals surface area contributed by atoms with Gasteiger partial charge in [0.2, 0.25) is 0 Å². The zero-order valence-corrected chi connectivity index (χ0v) is 23.0. The molecule has 0 unspecified atom stereocenters. The largest absolute Gasteiger partial charge is 0.489 e. The van der Waals surface area contributed by atoms with E-state index in [1.807, 2.05) is 78.9 Å². The van der Waals surface area contributed by atoms with Crippen molar-refractivity contribution in [1.82, 2.24) is 10.4 Å². The van der Waals surface area contributed by atoms with Gasteiger partial charge in [-0.1, -0.05) is 83.9 Å². The zero-order valence-electron chi connectivity index (χ0n) is 21.5. The van der Waals surface area contributed by atoms with Gasteiger partial charge in [-0.2, -0.15) is 5.10 Å². The fraction of sp³-hybridized carbons (Fsp3) is 0.0606. The van der Waals surface area contributed by atoms with Crippen LogP contribution in [0.5, 0.6) is 5.75 Å². The summed E-state index contributed by atoms with van der Waals surface area (Å²) < 4.78 is 6.05. The Morgan fingerprint density at radius 1 is 0.925 bits per heavy atom. The molecule has 5 rings (SSSR count). The third-order valence-corrected chi connectivity index (χ3v) is 6.84. The van der Waals surface area contributed by atoms with Crippen molar-refractivity contribution in [1.29, 1.82) is 0 Å². The molecule has 0 radical (unpaired) electrons. The predicted molar refractivity (Wildman–Crippen MR) is 163 cm³/mol. The number of aromatic nitrogens is 1. The first kappa shape index (κ1) is 27.1. The molecule has 0 saturated heterocycles. The lowest BCUT2D eigenvalue weighted by molar-refractivity contribution is 0.0956. The van der Waals surface area contributed by atoms with Crippen LogP contribution in [0.1, 0.15) is 27.0 Å². The third-order valence-electron chi connectivity index (χ3n) is 6.26. The molecule has 40 heavy (non-hydrogen) atoms. The number of ether oxygens (including phenoxy) is 1. The summed E-state index contributed by atoms with van der Waals surface area (Å²) in [6.07, 6.45) is 4.01. The monoisotopic (exact) mass is 565 g/mol. The van der Waals surface area contributed by atoms with Crippen molar-refractivity contribution in [2.24, 2.45) is 5.10 Å². The average molecular weight is 566 g/mol. The van der Waals surface area contributed by atoms with Crippen LogP contribution >= 0.6 is 23.2 Å². The molecule has 0 saturated carbocycles. The van der Waals surface area contributed by atoms with Crippen LogP contribution in [0.3, 0.4) is 0 Å². The molecule has 0 bridgehead atoms. The summed E-state index contributed by atoms with van der Waals surface area (Å²) in [5.74, 6) is 0.391. The predicted octanol–water partition coefficient (Wildman–Crippen LogP) is 8.28. The maximum Gasteiger partial charge on any atom is 0.272 e. The molecule has 0 aliphatic carbocycles. The highest BCUT2D eigenvalue weighted by molar-refractivity contribution is 6.35. The van der Waals surface area contributed by atoms with E-state index in [0.29, 0.717) is 34.4 Å². The first-order valence-corrected chi connectivity index (χ1v) is 13.4. The van der Waals surface area contributed by atoms with Gasteiger partial charge < -0.3 is 4.74 Å². The van der Waals surface area contributed by atoms with Gasteiger partial charge in [-0.15, -0.1) is 6.58 Å². The molecule has 7 heteroatoms. The molecule has 5 aromatic rings. The van der Waals surface area contributed by atoms with Crippen molar-refractivity contribution in [3.05, 3.63) is 142 Å². The number of hydrazone groups is 1. The number of allylic oxidation sites excluding steroid dienone is 1. The van der Waals surface area contributed by atoms with Gasteiger partial charge in [0, 0.05) is 26.6 Å². The fourth-order valence-electron chi connectivity index (χ4n) is 4.28. The summed E-state index contributed by atoms with van der Waals surface area (Å²) in [5, 5.41) is 6.11. The Hall–Kier alpha value is -4.45. The molecular formula is C33H25Cl2N3O2. The Labute approximate surface area is 242 Å². The van der Waals surface area contributed by atoms with E-state index in [2.05, 4.69) is 17.1 Å². The number of nitrogens with one attached hydrogen (secondary N) is 1. The van der Waals surface area contributed by atoms with Crippen molar-refractivity contribution >= 4 is 46.2 Å². The van der Waals surface area contributed by atoms with Crippen LogP contribution in [0, 0.1) is 0 Å². The van der Waals surface area contributed by atoms with Crippen LogP contribution in [-0.4, -0.2) is 17.1 Å². The van der Waals surface area contributed by atoms with Gasteiger partial charge in [0.1, 0.15) is 12.4 Å². The number of fused-ring (bicyclic) bond motifs is 1. The van der Waals surface area contributed by atoms with Gasteiger partial charge in [0.15, 0.2) is 0 Å². The van der Waals surface area contributed by atoms with E-state index in [1.165, 1.54) is 0 Å². The molecule has 0 fully saturated rings. The van der Waals surface area contributed by atoms with Gasteiger partial charge in [-0.3, -0.25) is 4.79 Å². The number of benzene rings is 4. The molecule has 1 amide bonds. The second-order valence-electron chi connectivity index (χ2n) is 9.02. The van der Waals surface area contributed by atoms with Crippen LogP contribution in [0.2, 0.25) is 10.0 Å². The summed E-state index contributed by atoms with van der Waals surface area (Å²) in [7, 11) is 0. The summed E-state index contributed by atoms with van der Waals surface area (Å²) in [5.41, 5.74) is 8.13. The highest BCUT2D eigenvalue weighted by Crippen LogP contribution is 2.27. The van der Waals surface area contributed by atoms with Crippen LogP contribution in [0.15, 0.2) is 115 Å². The number of pyridine rings is 1. The third kappa shape index (κ3) is 6.40. The molecule has 198 valence electrons. The molecule has 0 aliphatic rings. The molecule has 1 heterocycles. The van der Waals surface area contributed by atoms with Crippen molar-refractivity contribution in [3.63, 3.8) is 0 Å². The number of halogens is 2. The minimum atomic E-state index is -0.321.